The van der Waals surface area contributed by atoms with Gasteiger partial charge in [0.1, 0.15) is 17.7 Å². The highest BCUT2D eigenvalue weighted by atomic mass is 35.5. The molecule has 0 aliphatic rings. The second-order valence-corrected chi connectivity index (χ2v) is 3.80. The highest BCUT2D eigenvalue weighted by Crippen LogP contribution is 2.14. The third-order valence-electron chi connectivity index (χ3n) is 2.27. The fraction of sp³-hybridized carbons (Fsp3) is 0.143. The lowest BCUT2D eigenvalue weighted by Gasteiger charge is -1.97. The van der Waals surface area contributed by atoms with Gasteiger partial charge in [0.2, 0.25) is 0 Å². The van der Waals surface area contributed by atoms with Crippen molar-refractivity contribution in [1.29, 1.82) is 10.5 Å². The summed E-state index contributed by atoms with van der Waals surface area (Å²) in [5.41, 5.74) is 1.89. The molecule has 0 aliphatic carbocycles. The first-order valence-corrected chi connectivity index (χ1v) is 5.56. The SMILES string of the molecule is CCC(/C=C/c1ccc(Cl)cc1)=C(C#N)C#N. The van der Waals surface area contributed by atoms with E-state index in [0.717, 1.165) is 11.1 Å². The maximum atomic E-state index is 8.78. The van der Waals surface area contributed by atoms with E-state index in [2.05, 4.69) is 0 Å². The Bertz CT molecular complexity index is 509. The molecular formula is C14H11ClN2. The van der Waals surface area contributed by atoms with Crippen LogP contribution in [0, 0.1) is 22.7 Å². The van der Waals surface area contributed by atoms with E-state index in [1.165, 1.54) is 0 Å². The molecule has 0 saturated heterocycles. The van der Waals surface area contributed by atoms with Gasteiger partial charge in [0, 0.05) is 5.02 Å². The number of benzene rings is 1. The Hall–Kier alpha value is -2.03. The maximum Gasteiger partial charge on any atom is 0.132 e. The standard InChI is InChI=1S/C14H11ClN2/c1-2-12(13(9-16)10-17)6-3-11-4-7-14(15)8-5-11/h3-8H,2H2,1H3/b6-3+. The second-order valence-electron chi connectivity index (χ2n) is 3.36. The van der Waals surface area contributed by atoms with Gasteiger partial charge in [0.15, 0.2) is 0 Å². The third-order valence-corrected chi connectivity index (χ3v) is 2.52. The van der Waals surface area contributed by atoms with Crippen molar-refractivity contribution in [2.24, 2.45) is 0 Å². The summed E-state index contributed by atoms with van der Waals surface area (Å²) < 4.78 is 0. The van der Waals surface area contributed by atoms with Gasteiger partial charge in [-0.3, -0.25) is 0 Å². The van der Waals surface area contributed by atoms with Crippen molar-refractivity contribution in [2.45, 2.75) is 13.3 Å². The lowest BCUT2D eigenvalue weighted by molar-refractivity contribution is 1.14. The zero-order valence-corrected chi connectivity index (χ0v) is 10.2. The lowest BCUT2D eigenvalue weighted by Crippen LogP contribution is -1.83. The van der Waals surface area contributed by atoms with Gasteiger partial charge in [-0.05, 0) is 29.7 Å². The summed E-state index contributed by atoms with van der Waals surface area (Å²) in [4.78, 5) is 0. The molecule has 0 unspecified atom stereocenters. The minimum absolute atomic E-state index is 0.165. The van der Waals surface area contributed by atoms with E-state index in [-0.39, 0.29) is 5.57 Å². The minimum Gasteiger partial charge on any atom is -0.192 e. The highest BCUT2D eigenvalue weighted by Gasteiger charge is 1.99. The summed E-state index contributed by atoms with van der Waals surface area (Å²) >= 11 is 5.78. The zero-order chi connectivity index (χ0) is 12.7. The van der Waals surface area contributed by atoms with Crippen molar-refractivity contribution in [3.05, 3.63) is 52.1 Å². The smallest absolute Gasteiger partial charge is 0.132 e. The molecule has 0 saturated carbocycles. The molecule has 0 fully saturated rings. The zero-order valence-electron chi connectivity index (χ0n) is 9.44. The monoisotopic (exact) mass is 242 g/mol. The number of allylic oxidation sites excluding steroid dienone is 3. The lowest BCUT2D eigenvalue weighted by atomic mass is 10.1. The Balaban J connectivity index is 2.98. The Morgan fingerprint density at radius 2 is 1.82 bits per heavy atom. The number of hydrogen-bond acceptors (Lipinski definition) is 2. The highest BCUT2D eigenvalue weighted by molar-refractivity contribution is 6.30. The molecule has 17 heavy (non-hydrogen) atoms. The predicted octanol–water partition coefficient (Wildman–Crippen LogP) is 4.11. The van der Waals surface area contributed by atoms with Gasteiger partial charge in [-0.2, -0.15) is 10.5 Å². The molecule has 1 aromatic rings. The van der Waals surface area contributed by atoms with Gasteiger partial charge in [-0.1, -0.05) is 42.8 Å². The molecule has 0 N–H and O–H groups in total. The first kappa shape index (κ1) is 13.0. The molecule has 0 aromatic heterocycles. The van der Waals surface area contributed by atoms with Crippen LogP contribution in [0.25, 0.3) is 6.08 Å². The number of hydrogen-bond donors (Lipinski definition) is 0. The second kappa shape index (κ2) is 6.53. The molecular weight excluding hydrogens is 232 g/mol. The van der Waals surface area contributed by atoms with Crippen molar-refractivity contribution >= 4 is 17.7 Å². The first-order valence-electron chi connectivity index (χ1n) is 5.18. The summed E-state index contributed by atoms with van der Waals surface area (Å²) in [5.74, 6) is 0. The van der Waals surface area contributed by atoms with E-state index in [1.807, 2.05) is 37.3 Å². The van der Waals surface area contributed by atoms with Gasteiger partial charge >= 0.3 is 0 Å². The van der Waals surface area contributed by atoms with E-state index in [9.17, 15) is 0 Å². The molecule has 0 atom stereocenters. The maximum absolute atomic E-state index is 8.78. The average molecular weight is 243 g/mol. The molecule has 0 radical (unpaired) electrons. The summed E-state index contributed by atoms with van der Waals surface area (Å²) in [7, 11) is 0. The van der Waals surface area contributed by atoms with E-state index >= 15 is 0 Å². The van der Waals surface area contributed by atoms with Crippen molar-refractivity contribution in [3.8, 4) is 12.1 Å². The molecule has 0 amide bonds. The summed E-state index contributed by atoms with van der Waals surface area (Å²) in [6.07, 6.45) is 4.31. The van der Waals surface area contributed by atoms with Crippen LogP contribution in [0.3, 0.4) is 0 Å². The largest absolute Gasteiger partial charge is 0.192 e. The summed E-state index contributed by atoms with van der Waals surface area (Å²) in [6.45, 7) is 1.91. The summed E-state index contributed by atoms with van der Waals surface area (Å²) in [6, 6.07) is 11.1. The van der Waals surface area contributed by atoms with Crippen LogP contribution >= 0.6 is 11.6 Å². The number of nitrogens with zero attached hydrogens (tertiary/aromatic N) is 2. The first-order chi connectivity index (χ1) is 8.21. The van der Waals surface area contributed by atoms with Gasteiger partial charge in [-0.15, -0.1) is 0 Å². The van der Waals surface area contributed by atoms with E-state index in [1.54, 1.807) is 18.2 Å². The van der Waals surface area contributed by atoms with Crippen LogP contribution in [-0.4, -0.2) is 0 Å². The van der Waals surface area contributed by atoms with Gasteiger partial charge < -0.3 is 0 Å². The van der Waals surface area contributed by atoms with Crippen LogP contribution < -0.4 is 0 Å². The molecule has 0 bridgehead atoms. The van der Waals surface area contributed by atoms with Crippen molar-refractivity contribution in [2.75, 3.05) is 0 Å². The van der Waals surface area contributed by atoms with Crippen LogP contribution in [0.2, 0.25) is 5.02 Å². The number of nitriles is 2. The average Bonchev–Trinajstić information content (AvgIpc) is 2.36. The van der Waals surface area contributed by atoms with Gasteiger partial charge in [0.05, 0.1) is 0 Å². The van der Waals surface area contributed by atoms with Crippen molar-refractivity contribution < 1.29 is 0 Å². The Morgan fingerprint density at radius 3 is 2.29 bits per heavy atom. The Morgan fingerprint density at radius 1 is 1.24 bits per heavy atom. The van der Waals surface area contributed by atoms with E-state index in [4.69, 9.17) is 22.1 Å². The molecule has 3 heteroatoms. The Labute approximate surface area is 106 Å². The molecule has 0 spiro atoms. The van der Waals surface area contributed by atoms with Crippen molar-refractivity contribution in [1.82, 2.24) is 0 Å². The molecule has 1 rings (SSSR count). The predicted molar refractivity (Wildman–Crippen MR) is 69.0 cm³/mol. The van der Waals surface area contributed by atoms with Crippen LogP contribution in [0.1, 0.15) is 18.9 Å². The summed E-state index contributed by atoms with van der Waals surface area (Å²) in [5, 5.41) is 18.2. The third kappa shape index (κ3) is 3.79. The fourth-order valence-corrected chi connectivity index (χ4v) is 1.44. The van der Waals surface area contributed by atoms with Crippen molar-refractivity contribution in [3.63, 3.8) is 0 Å². The van der Waals surface area contributed by atoms with Crippen LogP contribution in [0.15, 0.2) is 41.5 Å². The normalized spacial score (nSPS) is 9.65. The van der Waals surface area contributed by atoms with Crippen LogP contribution in [0.5, 0.6) is 0 Å². The quantitative estimate of drug-likeness (QED) is 0.592. The minimum atomic E-state index is 0.165. The number of rotatable bonds is 3. The fourth-order valence-electron chi connectivity index (χ4n) is 1.32. The topological polar surface area (TPSA) is 47.6 Å². The molecule has 0 heterocycles. The Kier molecular flexibility index (Phi) is 5.01. The molecule has 84 valence electrons. The van der Waals surface area contributed by atoms with E-state index < -0.39 is 0 Å². The van der Waals surface area contributed by atoms with Gasteiger partial charge in [-0.25, -0.2) is 0 Å². The molecule has 1 aromatic carbocycles. The van der Waals surface area contributed by atoms with E-state index in [0.29, 0.717) is 11.4 Å². The molecule has 0 aliphatic heterocycles. The number of halogens is 1. The van der Waals surface area contributed by atoms with Crippen LogP contribution in [0.4, 0.5) is 0 Å². The van der Waals surface area contributed by atoms with Gasteiger partial charge in [0.25, 0.3) is 0 Å². The van der Waals surface area contributed by atoms with Crippen LogP contribution in [-0.2, 0) is 0 Å². The molecule has 2 nitrogen and oxygen atoms in total.